The van der Waals surface area contributed by atoms with Crippen LogP contribution in [0.3, 0.4) is 0 Å². The van der Waals surface area contributed by atoms with Crippen molar-refractivity contribution >= 4 is 5.91 Å². The normalized spacial score (nSPS) is 12.1. The molecule has 0 radical (unpaired) electrons. The molecular weight excluding hydrogens is 321 g/mol. The molecule has 0 aliphatic heterocycles. The average molecular weight is 341 g/mol. The fourth-order valence-corrected chi connectivity index (χ4v) is 2.83. The third kappa shape index (κ3) is 3.60. The molecule has 0 aliphatic rings. The van der Waals surface area contributed by atoms with Gasteiger partial charge < -0.3 is 4.90 Å². The maximum absolute atomic E-state index is 13.1. The molecule has 130 valence electrons. The summed E-state index contributed by atoms with van der Waals surface area (Å²) >= 11 is 0. The van der Waals surface area contributed by atoms with Crippen molar-refractivity contribution < 1.29 is 9.18 Å². The molecular formula is C18H20FN5O. The van der Waals surface area contributed by atoms with Crippen molar-refractivity contribution in [3.63, 3.8) is 0 Å². The van der Waals surface area contributed by atoms with E-state index < -0.39 is 0 Å². The monoisotopic (exact) mass is 341 g/mol. The molecule has 0 spiro atoms. The standard InChI is InChI=1S/C18H20FN5O/c1-3-16(24-10-4-9-21-24)18(25)23(2)12-14-11-20-22-17(14)13-5-7-15(19)8-6-13/h4-11,16H,3,12H2,1-2H3,(H,20,22). The summed E-state index contributed by atoms with van der Waals surface area (Å²) in [5, 5.41) is 11.2. The summed E-state index contributed by atoms with van der Waals surface area (Å²) < 4.78 is 14.8. The van der Waals surface area contributed by atoms with E-state index in [0.717, 1.165) is 16.8 Å². The van der Waals surface area contributed by atoms with Gasteiger partial charge in [0.15, 0.2) is 0 Å². The molecule has 7 heteroatoms. The van der Waals surface area contributed by atoms with E-state index in [0.29, 0.717) is 13.0 Å². The van der Waals surface area contributed by atoms with Crippen LogP contribution >= 0.6 is 0 Å². The lowest BCUT2D eigenvalue weighted by Gasteiger charge is -2.23. The highest BCUT2D eigenvalue weighted by molar-refractivity contribution is 5.80. The lowest BCUT2D eigenvalue weighted by atomic mass is 10.1. The molecule has 0 fully saturated rings. The van der Waals surface area contributed by atoms with Gasteiger partial charge in [0.2, 0.25) is 5.91 Å². The van der Waals surface area contributed by atoms with E-state index in [-0.39, 0.29) is 17.8 Å². The van der Waals surface area contributed by atoms with E-state index in [2.05, 4.69) is 15.3 Å². The highest BCUT2D eigenvalue weighted by Crippen LogP contribution is 2.23. The molecule has 0 bridgehead atoms. The Kier molecular flexibility index (Phi) is 4.92. The fourth-order valence-electron chi connectivity index (χ4n) is 2.83. The van der Waals surface area contributed by atoms with Crippen LogP contribution in [0.5, 0.6) is 0 Å². The molecule has 1 atom stereocenters. The van der Waals surface area contributed by atoms with Gasteiger partial charge in [-0.15, -0.1) is 0 Å². The van der Waals surface area contributed by atoms with Crippen LogP contribution in [0, 0.1) is 5.82 Å². The molecule has 1 amide bonds. The summed E-state index contributed by atoms with van der Waals surface area (Å²) in [7, 11) is 1.76. The third-order valence-electron chi connectivity index (χ3n) is 4.15. The number of rotatable bonds is 6. The first kappa shape index (κ1) is 16.9. The van der Waals surface area contributed by atoms with Crippen molar-refractivity contribution in [1.82, 2.24) is 24.9 Å². The minimum Gasteiger partial charge on any atom is -0.339 e. The number of aromatic nitrogens is 4. The Morgan fingerprint density at radius 2 is 2.12 bits per heavy atom. The number of amides is 1. The highest BCUT2D eigenvalue weighted by atomic mass is 19.1. The third-order valence-corrected chi connectivity index (χ3v) is 4.15. The van der Waals surface area contributed by atoms with Gasteiger partial charge in [0, 0.05) is 37.1 Å². The second-order valence-electron chi connectivity index (χ2n) is 5.88. The number of carbonyl (C=O) groups excluding carboxylic acids is 1. The van der Waals surface area contributed by atoms with Crippen LogP contribution < -0.4 is 0 Å². The first-order chi connectivity index (χ1) is 12.1. The van der Waals surface area contributed by atoms with Crippen molar-refractivity contribution in [2.24, 2.45) is 0 Å². The zero-order valence-electron chi connectivity index (χ0n) is 14.2. The average Bonchev–Trinajstić information content (AvgIpc) is 3.28. The van der Waals surface area contributed by atoms with Crippen LogP contribution in [0.4, 0.5) is 4.39 Å². The van der Waals surface area contributed by atoms with Gasteiger partial charge in [-0.25, -0.2) is 4.39 Å². The Balaban J connectivity index is 1.77. The van der Waals surface area contributed by atoms with E-state index in [4.69, 9.17) is 0 Å². The van der Waals surface area contributed by atoms with Crippen LogP contribution in [-0.4, -0.2) is 37.8 Å². The lowest BCUT2D eigenvalue weighted by Crippen LogP contribution is -2.34. The van der Waals surface area contributed by atoms with E-state index >= 15 is 0 Å². The summed E-state index contributed by atoms with van der Waals surface area (Å²) in [6.07, 6.45) is 5.80. The molecule has 1 unspecified atom stereocenters. The van der Waals surface area contributed by atoms with E-state index in [1.54, 1.807) is 53.4 Å². The SMILES string of the molecule is CCC(C(=O)N(C)Cc1cn[nH]c1-c1ccc(F)cc1)n1cccn1. The molecule has 0 aliphatic carbocycles. The maximum Gasteiger partial charge on any atom is 0.247 e. The van der Waals surface area contributed by atoms with Crippen molar-refractivity contribution in [2.75, 3.05) is 7.05 Å². The van der Waals surface area contributed by atoms with Gasteiger partial charge >= 0.3 is 0 Å². The Labute approximate surface area is 145 Å². The molecule has 3 rings (SSSR count). The number of likely N-dealkylation sites (N-methyl/N-ethyl adjacent to an activating group) is 1. The lowest BCUT2D eigenvalue weighted by molar-refractivity contribution is -0.134. The Morgan fingerprint density at radius 1 is 1.36 bits per heavy atom. The summed E-state index contributed by atoms with van der Waals surface area (Å²) in [5.41, 5.74) is 2.48. The number of hydrogen-bond acceptors (Lipinski definition) is 3. The van der Waals surface area contributed by atoms with E-state index in [1.807, 2.05) is 6.92 Å². The molecule has 1 N–H and O–H groups in total. The molecule has 0 saturated heterocycles. The quantitative estimate of drug-likeness (QED) is 0.749. The molecule has 25 heavy (non-hydrogen) atoms. The first-order valence-corrected chi connectivity index (χ1v) is 8.12. The summed E-state index contributed by atoms with van der Waals surface area (Å²) in [5.74, 6) is -0.306. The predicted molar refractivity (Wildman–Crippen MR) is 92.0 cm³/mol. The Morgan fingerprint density at radius 3 is 2.76 bits per heavy atom. The zero-order valence-corrected chi connectivity index (χ0v) is 14.2. The van der Waals surface area contributed by atoms with Crippen molar-refractivity contribution in [3.8, 4) is 11.3 Å². The minimum absolute atomic E-state index is 0.0162. The predicted octanol–water partition coefficient (Wildman–Crippen LogP) is 3.02. The molecule has 6 nitrogen and oxygen atoms in total. The van der Waals surface area contributed by atoms with Crippen LogP contribution in [0.25, 0.3) is 11.3 Å². The fraction of sp³-hybridized carbons (Fsp3) is 0.278. The van der Waals surface area contributed by atoms with Gasteiger partial charge in [-0.1, -0.05) is 6.92 Å². The van der Waals surface area contributed by atoms with Crippen LogP contribution in [0.2, 0.25) is 0 Å². The van der Waals surface area contributed by atoms with E-state index in [1.165, 1.54) is 12.1 Å². The zero-order chi connectivity index (χ0) is 17.8. The number of benzene rings is 1. The second kappa shape index (κ2) is 7.29. The topological polar surface area (TPSA) is 66.8 Å². The number of halogens is 1. The summed E-state index contributed by atoms with van der Waals surface area (Å²) in [6.45, 7) is 2.36. The number of H-pyrrole nitrogens is 1. The van der Waals surface area contributed by atoms with Crippen molar-refractivity contribution in [2.45, 2.75) is 25.9 Å². The molecule has 2 heterocycles. The largest absolute Gasteiger partial charge is 0.339 e. The molecule has 1 aromatic carbocycles. The number of aromatic amines is 1. The number of carbonyl (C=O) groups is 1. The number of nitrogens with zero attached hydrogens (tertiary/aromatic N) is 4. The van der Waals surface area contributed by atoms with Crippen LogP contribution in [0.1, 0.15) is 24.9 Å². The number of hydrogen-bond donors (Lipinski definition) is 1. The molecule has 2 aromatic heterocycles. The maximum atomic E-state index is 13.1. The van der Waals surface area contributed by atoms with Crippen molar-refractivity contribution in [3.05, 3.63) is 60.3 Å². The van der Waals surface area contributed by atoms with Gasteiger partial charge in [0.1, 0.15) is 11.9 Å². The second-order valence-corrected chi connectivity index (χ2v) is 5.88. The summed E-state index contributed by atoms with van der Waals surface area (Å²) in [4.78, 5) is 14.4. The van der Waals surface area contributed by atoms with E-state index in [9.17, 15) is 9.18 Å². The minimum atomic E-state index is -0.332. The van der Waals surface area contributed by atoms with Crippen molar-refractivity contribution in [1.29, 1.82) is 0 Å². The first-order valence-electron chi connectivity index (χ1n) is 8.12. The Bertz CT molecular complexity index is 826. The van der Waals surface area contributed by atoms with Gasteiger partial charge in [-0.2, -0.15) is 10.2 Å². The Hall–Kier alpha value is -2.96. The summed E-state index contributed by atoms with van der Waals surface area (Å²) in [6, 6.07) is 7.65. The van der Waals surface area contributed by atoms with Gasteiger partial charge in [-0.3, -0.25) is 14.6 Å². The van der Waals surface area contributed by atoms with Gasteiger partial charge in [0.25, 0.3) is 0 Å². The van der Waals surface area contributed by atoms with Crippen LogP contribution in [0.15, 0.2) is 48.9 Å². The molecule has 0 saturated carbocycles. The number of nitrogens with one attached hydrogen (secondary N) is 1. The highest BCUT2D eigenvalue weighted by Gasteiger charge is 2.23. The van der Waals surface area contributed by atoms with Crippen LogP contribution in [-0.2, 0) is 11.3 Å². The van der Waals surface area contributed by atoms with Gasteiger partial charge in [-0.05, 0) is 36.8 Å². The smallest absolute Gasteiger partial charge is 0.247 e. The van der Waals surface area contributed by atoms with Gasteiger partial charge in [0.05, 0.1) is 11.9 Å². The molecule has 3 aromatic rings.